The molecule has 1 atom stereocenters. The van der Waals surface area contributed by atoms with Crippen LogP contribution in [0.25, 0.3) is 10.9 Å². The maximum atomic E-state index is 13.2. The summed E-state index contributed by atoms with van der Waals surface area (Å²) < 4.78 is 8.13. The molecule has 138 valence electrons. The van der Waals surface area contributed by atoms with Gasteiger partial charge in [0.2, 0.25) is 0 Å². The molecule has 0 aliphatic rings. The van der Waals surface area contributed by atoms with Gasteiger partial charge >= 0.3 is 5.97 Å². The largest absolute Gasteiger partial charge is 0.464 e. The fourth-order valence-corrected chi connectivity index (χ4v) is 2.89. The van der Waals surface area contributed by atoms with E-state index >= 15 is 0 Å². The third kappa shape index (κ3) is 3.45. The SMILES string of the molecule is CCOC(=O)C(CC)n1nc(C(C)C)c2cnn(C(C)(C)C)c2c1=O. The predicted octanol–water partition coefficient (Wildman–Crippen LogP) is 2.99. The Kier molecular flexibility index (Phi) is 5.34. The molecule has 0 amide bonds. The zero-order chi connectivity index (χ0) is 18.9. The van der Waals surface area contributed by atoms with Gasteiger partial charge in [0, 0.05) is 5.39 Å². The van der Waals surface area contributed by atoms with E-state index in [0.29, 0.717) is 11.9 Å². The topological polar surface area (TPSA) is 79.0 Å². The van der Waals surface area contributed by atoms with E-state index in [0.717, 1.165) is 11.1 Å². The molecular formula is C18H28N4O3. The van der Waals surface area contributed by atoms with E-state index in [2.05, 4.69) is 10.2 Å². The highest BCUT2D eigenvalue weighted by Crippen LogP contribution is 2.26. The van der Waals surface area contributed by atoms with Gasteiger partial charge in [0.1, 0.15) is 5.52 Å². The summed E-state index contributed by atoms with van der Waals surface area (Å²) in [5.74, 6) is -0.345. The van der Waals surface area contributed by atoms with Gasteiger partial charge in [-0.3, -0.25) is 9.48 Å². The number of hydrogen-bond donors (Lipinski definition) is 0. The zero-order valence-corrected chi connectivity index (χ0v) is 16.2. The molecule has 1 unspecified atom stereocenters. The number of carbonyl (C=O) groups is 1. The fraction of sp³-hybridized carbons (Fsp3) is 0.667. The van der Waals surface area contributed by atoms with E-state index in [4.69, 9.17) is 4.74 Å². The first-order chi connectivity index (χ1) is 11.6. The molecule has 0 spiro atoms. The summed E-state index contributed by atoms with van der Waals surface area (Å²) in [6.07, 6.45) is 2.12. The number of fused-ring (bicyclic) bond motifs is 1. The molecule has 7 heteroatoms. The number of aromatic nitrogens is 4. The van der Waals surface area contributed by atoms with Crippen LogP contribution < -0.4 is 5.56 Å². The molecule has 0 radical (unpaired) electrons. The number of carbonyl (C=O) groups excluding carboxylic acids is 1. The van der Waals surface area contributed by atoms with Gasteiger partial charge in [-0.2, -0.15) is 10.2 Å². The van der Waals surface area contributed by atoms with Gasteiger partial charge in [0.05, 0.1) is 24.0 Å². The lowest BCUT2D eigenvalue weighted by Gasteiger charge is -2.22. The van der Waals surface area contributed by atoms with Gasteiger partial charge in [-0.05, 0) is 40.0 Å². The Balaban J connectivity index is 2.83. The smallest absolute Gasteiger partial charge is 0.331 e. The monoisotopic (exact) mass is 348 g/mol. The molecule has 0 aliphatic heterocycles. The molecule has 0 saturated heterocycles. The summed E-state index contributed by atoms with van der Waals surface area (Å²) in [4.78, 5) is 25.5. The Morgan fingerprint density at radius 2 is 1.92 bits per heavy atom. The highest BCUT2D eigenvalue weighted by Gasteiger charge is 2.28. The maximum Gasteiger partial charge on any atom is 0.331 e. The van der Waals surface area contributed by atoms with Crippen molar-refractivity contribution in [1.82, 2.24) is 19.6 Å². The summed E-state index contributed by atoms with van der Waals surface area (Å²) in [6.45, 7) is 13.8. The van der Waals surface area contributed by atoms with E-state index in [1.54, 1.807) is 17.8 Å². The van der Waals surface area contributed by atoms with E-state index < -0.39 is 12.0 Å². The molecule has 2 heterocycles. The van der Waals surface area contributed by atoms with Crippen LogP contribution in [0.5, 0.6) is 0 Å². The average Bonchev–Trinajstić information content (AvgIpc) is 2.95. The Bertz CT molecular complexity index is 827. The van der Waals surface area contributed by atoms with Crippen LogP contribution in [-0.4, -0.2) is 32.1 Å². The molecule has 0 aromatic carbocycles. The van der Waals surface area contributed by atoms with E-state index in [-0.39, 0.29) is 23.6 Å². The first kappa shape index (κ1) is 19.1. The van der Waals surface area contributed by atoms with Gasteiger partial charge in [0.25, 0.3) is 5.56 Å². The molecule has 2 aromatic heterocycles. The third-order valence-corrected chi connectivity index (χ3v) is 4.09. The maximum absolute atomic E-state index is 13.2. The van der Waals surface area contributed by atoms with Crippen molar-refractivity contribution < 1.29 is 9.53 Å². The van der Waals surface area contributed by atoms with Gasteiger partial charge in [-0.15, -0.1) is 0 Å². The van der Waals surface area contributed by atoms with Crippen molar-refractivity contribution in [2.24, 2.45) is 0 Å². The highest BCUT2D eigenvalue weighted by molar-refractivity contribution is 5.81. The van der Waals surface area contributed by atoms with E-state index in [1.807, 2.05) is 41.5 Å². The van der Waals surface area contributed by atoms with Crippen molar-refractivity contribution in [2.75, 3.05) is 6.61 Å². The molecule has 7 nitrogen and oxygen atoms in total. The number of nitrogens with zero attached hydrogens (tertiary/aromatic N) is 4. The lowest BCUT2D eigenvalue weighted by atomic mass is 10.1. The average molecular weight is 348 g/mol. The Morgan fingerprint density at radius 1 is 1.28 bits per heavy atom. The summed E-state index contributed by atoms with van der Waals surface area (Å²) >= 11 is 0. The molecule has 0 N–H and O–H groups in total. The van der Waals surface area contributed by atoms with Crippen LogP contribution in [0.4, 0.5) is 0 Å². The van der Waals surface area contributed by atoms with Crippen molar-refractivity contribution in [1.29, 1.82) is 0 Å². The number of ether oxygens (including phenoxy) is 1. The number of rotatable bonds is 5. The molecule has 0 saturated carbocycles. The second-order valence-electron chi connectivity index (χ2n) is 7.46. The molecular weight excluding hydrogens is 320 g/mol. The summed E-state index contributed by atoms with van der Waals surface area (Å²) in [5, 5.41) is 9.69. The first-order valence-electron chi connectivity index (χ1n) is 8.81. The molecule has 0 aliphatic carbocycles. The van der Waals surface area contributed by atoms with Gasteiger partial charge in [0.15, 0.2) is 6.04 Å². The number of esters is 1. The molecule has 2 aromatic rings. The lowest BCUT2D eigenvalue weighted by molar-refractivity contribution is -0.147. The van der Waals surface area contributed by atoms with Crippen LogP contribution in [0.15, 0.2) is 11.0 Å². The second kappa shape index (κ2) is 6.98. The summed E-state index contributed by atoms with van der Waals surface area (Å²) in [5.41, 5.74) is 0.563. The van der Waals surface area contributed by atoms with Crippen molar-refractivity contribution in [3.63, 3.8) is 0 Å². The predicted molar refractivity (Wildman–Crippen MR) is 96.8 cm³/mol. The minimum atomic E-state index is -0.738. The van der Waals surface area contributed by atoms with Gasteiger partial charge in [-0.1, -0.05) is 20.8 Å². The van der Waals surface area contributed by atoms with Crippen molar-refractivity contribution >= 4 is 16.9 Å². The Morgan fingerprint density at radius 3 is 2.40 bits per heavy atom. The lowest BCUT2D eigenvalue weighted by Crippen LogP contribution is -2.36. The number of hydrogen-bond acceptors (Lipinski definition) is 5. The van der Waals surface area contributed by atoms with Crippen LogP contribution >= 0.6 is 0 Å². The first-order valence-corrected chi connectivity index (χ1v) is 8.81. The van der Waals surface area contributed by atoms with E-state index in [1.165, 1.54) is 4.68 Å². The standard InChI is InChI=1S/C18H28N4O3/c1-8-13(17(24)25-9-2)21-16(23)15-12(14(20-21)11(3)4)10-19-22(15)18(5,6)7/h10-11,13H,8-9H2,1-7H3. The zero-order valence-electron chi connectivity index (χ0n) is 16.2. The summed E-state index contributed by atoms with van der Waals surface area (Å²) in [7, 11) is 0. The quantitative estimate of drug-likeness (QED) is 0.776. The van der Waals surface area contributed by atoms with Crippen molar-refractivity contribution in [3.8, 4) is 0 Å². The molecule has 0 fully saturated rings. The minimum Gasteiger partial charge on any atom is -0.464 e. The van der Waals surface area contributed by atoms with Crippen LogP contribution in [0.2, 0.25) is 0 Å². The van der Waals surface area contributed by atoms with Crippen molar-refractivity contribution in [2.45, 2.75) is 72.4 Å². The van der Waals surface area contributed by atoms with Crippen molar-refractivity contribution in [3.05, 3.63) is 22.2 Å². The Labute approximate surface area is 148 Å². The fourth-order valence-electron chi connectivity index (χ4n) is 2.89. The van der Waals surface area contributed by atoms with Crippen LogP contribution in [0.1, 0.15) is 72.5 Å². The van der Waals surface area contributed by atoms with Gasteiger partial charge < -0.3 is 4.74 Å². The highest BCUT2D eigenvalue weighted by atomic mass is 16.5. The van der Waals surface area contributed by atoms with Gasteiger partial charge in [-0.25, -0.2) is 9.48 Å². The molecule has 0 bridgehead atoms. The van der Waals surface area contributed by atoms with E-state index in [9.17, 15) is 9.59 Å². The normalized spacial score (nSPS) is 13.4. The van der Waals surface area contributed by atoms with Crippen LogP contribution in [0, 0.1) is 0 Å². The summed E-state index contributed by atoms with van der Waals surface area (Å²) in [6, 6.07) is -0.738. The Hall–Kier alpha value is -2.18. The third-order valence-electron chi connectivity index (χ3n) is 4.09. The second-order valence-corrected chi connectivity index (χ2v) is 7.46. The van der Waals surface area contributed by atoms with Crippen LogP contribution in [0.3, 0.4) is 0 Å². The van der Waals surface area contributed by atoms with Crippen LogP contribution in [-0.2, 0) is 15.1 Å². The minimum absolute atomic E-state index is 0.0895. The molecule has 25 heavy (non-hydrogen) atoms. The molecule has 2 rings (SSSR count).